The van der Waals surface area contributed by atoms with Gasteiger partial charge < -0.3 is 19.7 Å². The summed E-state index contributed by atoms with van der Waals surface area (Å²) >= 11 is 0. The predicted octanol–water partition coefficient (Wildman–Crippen LogP) is 4.55. The van der Waals surface area contributed by atoms with E-state index in [0.29, 0.717) is 17.9 Å². The molecule has 0 saturated heterocycles. The Morgan fingerprint density at radius 2 is 1.57 bits per heavy atom. The van der Waals surface area contributed by atoms with Crippen molar-refractivity contribution in [2.45, 2.75) is 45.8 Å². The van der Waals surface area contributed by atoms with Crippen LogP contribution in [0.1, 0.15) is 30.5 Å². The SMILES string of the molecule is COc1cccc(CN(C(=O)COc2ccc(C)cc2)C(Cc2ccccc2)C(=O)NC(C)C)c1. The van der Waals surface area contributed by atoms with Crippen LogP contribution in [0, 0.1) is 6.92 Å². The fourth-order valence-corrected chi connectivity index (χ4v) is 3.76. The molecule has 1 unspecified atom stereocenters. The van der Waals surface area contributed by atoms with Gasteiger partial charge in [-0.3, -0.25) is 9.59 Å². The monoisotopic (exact) mass is 474 g/mol. The van der Waals surface area contributed by atoms with Gasteiger partial charge in [-0.1, -0.05) is 60.2 Å². The van der Waals surface area contributed by atoms with Crippen LogP contribution in [0.25, 0.3) is 0 Å². The molecule has 6 heteroatoms. The Kier molecular flexibility index (Phi) is 9.30. The van der Waals surface area contributed by atoms with Gasteiger partial charge in [-0.2, -0.15) is 0 Å². The summed E-state index contributed by atoms with van der Waals surface area (Å²) < 4.78 is 11.2. The molecule has 2 amide bonds. The standard InChI is InChI=1S/C29H34N2O4/c1-21(2)30-29(33)27(18-23-9-6-5-7-10-23)31(19-24-11-8-12-26(17-24)34-4)28(32)20-35-25-15-13-22(3)14-16-25/h5-17,21,27H,18-20H2,1-4H3,(H,30,33). The number of nitrogens with zero attached hydrogens (tertiary/aromatic N) is 1. The van der Waals surface area contributed by atoms with E-state index >= 15 is 0 Å². The molecule has 0 aliphatic heterocycles. The third-order valence-electron chi connectivity index (χ3n) is 5.57. The van der Waals surface area contributed by atoms with Crippen molar-refractivity contribution in [3.63, 3.8) is 0 Å². The molecule has 3 aromatic rings. The molecule has 0 bridgehead atoms. The quantitative estimate of drug-likeness (QED) is 0.443. The summed E-state index contributed by atoms with van der Waals surface area (Å²) in [5, 5.41) is 2.99. The van der Waals surface area contributed by atoms with Gasteiger partial charge in [-0.25, -0.2) is 0 Å². The number of benzene rings is 3. The number of aryl methyl sites for hydroxylation is 1. The number of ether oxygens (including phenoxy) is 2. The van der Waals surface area contributed by atoms with E-state index < -0.39 is 6.04 Å². The zero-order chi connectivity index (χ0) is 25.2. The van der Waals surface area contributed by atoms with Gasteiger partial charge in [-0.05, 0) is 56.2 Å². The normalized spacial score (nSPS) is 11.6. The van der Waals surface area contributed by atoms with Gasteiger partial charge in [0.15, 0.2) is 6.61 Å². The van der Waals surface area contributed by atoms with E-state index in [0.717, 1.165) is 16.7 Å². The van der Waals surface area contributed by atoms with E-state index in [1.54, 1.807) is 12.0 Å². The molecule has 0 heterocycles. The van der Waals surface area contributed by atoms with Crippen LogP contribution in [0.4, 0.5) is 0 Å². The summed E-state index contributed by atoms with van der Waals surface area (Å²) in [5.74, 6) is 0.831. The molecule has 3 rings (SSSR count). The predicted molar refractivity (Wildman–Crippen MR) is 137 cm³/mol. The third-order valence-corrected chi connectivity index (χ3v) is 5.57. The van der Waals surface area contributed by atoms with Crippen molar-refractivity contribution in [3.05, 3.63) is 95.6 Å². The van der Waals surface area contributed by atoms with Crippen molar-refractivity contribution in [1.29, 1.82) is 0 Å². The molecule has 6 nitrogen and oxygen atoms in total. The van der Waals surface area contributed by atoms with Crippen molar-refractivity contribution in [3.8, 4) is 11.5 Å². The first-order chi connectivity index (χ1) is 16.9. The Morgan fingerprint density at radius 3 is 2.23 bits per heavy atom. The van der Waals surface area contributed by atoms with Crippen LogP contribution < -0.4 is 14.8 Å². The second-order valence-electron chi connectivity index (χ2n) is 8.84. The fourth-order valence-electron chi connectivity index (χ4n) is 3.76. The number of hydrogen-bond acceptors (Lipinski definition) is 4. The van der Waals surface area contributed by atoms with Gasteiger partial charge >= 0.3 is 0 Å². The van der Waals surface area contributed by atoms with E-state index in [4.69, 9.17) is 9.47 Å². The lowest BCUT2D eigenvalue weighted by Crippen LogP contribution is -2.52. The Balaban J connectivity index is 1.91. The molecule has 0 aliphatic carbocycles. The maximum absolute atomic E-state index is 13.6. The first-order valence-corrected chi connectivity index (χ1v) is 11.8. The van der Waals surface area contributed by atoms with Gasteiger partial charge in [0.05, 0.1) is 7.11 Å². The second-order valence-corrected chi connectivity index (χ2v) is 8.84. The second kappa shape index (κ2) is 12.6. The van der Waals surface area contributed by atoms with Crippen molar-refractivity contribution < 1.29 is 19.1 Å². The summed E-state index contributed by atoms with van der Waals surface area (Å²) in [6.45, 7) is 5.88. The molecule has 0 fully saturated rings. The van der Waals surface area contributed by atoms with Crippen LogP contribution >= 0.6 is 0 Å². The molecule has 3 aromatic carbocycles. The molecule has 1 N–H and O–H groups in total. The summed E-state index contributed by atoms with van der Waals surface area (Å²) in [6, 6.07) is 24.0. The van der Waals surface area contributed by atoms with E-state index in [1.165, 1.54) is 0 Å². The molecule has 0 saturated carbocycles. The highest BCUT2D eigenvalue weighted by Gasteiger charge is 2.31. The van der Waals surface area contributed by atoms with Crippen LogP contribution in [-0.4, -0.2) is 42.5 Å². The summed E-state index contributed by atoms with van der Waals surface area (Å²) in [4.78, 5) is 28.5. The Morgan fingerprint density at radius 1 is 0.886 bits per heavy atom. The smallest absolute Gasteiger partial charge is 0.261 e. The maximum Gasteiger partial charge on any atom is 0.261 e. The maximum atomic E-state index is 13.6. The van der Waals surface area contributed by atoms with Gasteiger partial charge in [0.1, 0.15) is 17.5 Å². The Labute approximate surface area is 207 Å². The van der Waals surface area contributed by atoms with Gasteiger partial charge in [-0.15, -0.1) is 0 Å². The largest absolute Gasteiger partial charge is 0.497 e. The number of nitrogens with one attached hydrogen (secondary N) is 1. The van der Waals surface area contributed by atoms with E-state index in [2.05, 4.69) is 5.32 Å². The minimum atomic E-state index is -0.708. The average molecular weight is 475 g/mol. The van der Waals surface area contributed by atoms with Crippen LogP contribution in [-0.2, 0) is 22.6 Å². The first kappa shape index (κ1) is 25.8. The number of amides is 2. The van der Waals surface area contributed by atoms with Crippen molar-refractivity contribution in [2.75, 3.05) is 13.7 Å². The highest BCUT2D eigenvalue weighted by Crippen LogP contribution is 2.19. The molecule has 0 aromatic heterocycles. The average Bonchev–Trinajstić information content (AvgIpc) is 2.86. The number of carbonyl (C=O) groups is 2. The lowest BCUT2D eigenvalue weighted by Gasteiger charge is -2.32. The molecule has 1 atom stereocenters. The first-order valence-electron chi connectivity index (χ1n) is 11.8. The van der Waals surface area contributed by atoms with Crippen LogP contribution in [0.3, 0.4) is 0 Å². The summed E-state index contributed by atoms with van der Waals surface area (Å²) in [5.41, 5.74) is 2.94. The van der Waals surface area contributed by atoms with Crippen LogP contribution in [0.2, 0.25) is 0 Å². The minimum Gasteiger partial charge on any atom is -0.497 e. The van der Waals surface area contributed by atoms with E-state index in [1.807, 2.05) is 99.6 Å². The van der Waals surface area contributed by atoms with Crippen LogP contribution in [0.15, 0.2) is 78.9 Å². The Hall–Kier alpha value is -3.80. The number of methoxy groups -OCH3 is 1. The zero-order valence-electron chi connectivity index (χ0n) is 20.9. The van der Waals surface area contributed by atoms with Gasteiger partial charge in [0.2, 0.25) is 5.91 Å². The number of rotatable bonds is 11. The molecular formula is C29H34N2O4. The van der Waals surface area contributed by atoms with Crippen molar-refractivity contribution in [1.82, 2.24) is 10.2 Å². The van der Waals surface area contributed by atoms with Crippen molar-refractivity contribution >= 4 is 11.8 Å². The Bertz CT molecular complexity index is 1100. The fraction of sp³-hybridized carbons (Fsp3) is 0.310. The zero-order valence-corrected chi connectivity index (χ0v) is 20.9. The van der Waals surface area contributed by atoms with Crippen molar-refractivity contribution in [2.24, 2.45) is 0 Å². The lowest BCUT2D eigenvalue weighted by molar-refractivity contribution is -0.143. The third kappa shape index (κ3) is 7.88. The molecule has 0 spiro atoms. The molecule has 184 valence electrons. The summed E-state index contributed by atoms with van der Waals surface area (Å²) in [6.07, 6.45) is 0.389. The summed E-state index contributed by atoms with van der Waals surface area (Å²) in [7, 11) is 1.60. The number of hydrogen-bond donors (Lipinski definition) is 1. The molecular weight excluding hydrogens is 440 g/mol. The van der Waals surface area contributed by atoms with E-state index in [9.17, 15) is 9.59 Å². The van der Waals surface area contributed by atoms with Crippen LogP contribution in [0.5, 0.6) is 11.5 Å². The highest BCUT2D eigenvalue weighted by molar-refractivity contribution is 5.88. The van der Waals surface area contributed by atoms with E-state index in [-0.39, 0.29) is 31.0 Å². The van der Waals surface area contributed by atoms with Gasteiger partial charge in [0.25, 0.3) is 5.91 Å². The topological polar surface area (TPSA) is 67.9 Å². The molecule has 0 radical (unpaired) electrons. The lowest BCUT2D eigenvalue weighted by atomic mass is 10.0. The van der Waals surface area contributed by atoms with Gasteiger partial charge in [0, 0.05) is 19.0 Å². The molecule has 0 aliphatic rings. The highest BCUT2D eigenvalue weighted by atomic mass is 16.5. The number of carbonyl (C=O) groups excluding carboxylic acids is 2. The molecule has 35 heavy (non-hydrogen) atoms. The minimum absolute atomic E-state index is 0.0571.